The van der Waals surface area contributed by atoms with Crippen molar-refractivity contribution < 1.29 is 4.74 Å². The van der Waals surface area contributed by atoms with E-state index in [1.807, 2.05) is 25.1 Å². The van der Waals surface area contributed by atoms with Gasteiger partial charge in [0, 0.05) is 4.47 Å². The summed E-state index contributed by atoms with van der Waals surface area (Å²) in [6.45, 7) is 1.95. The number of halogens is 2. The molecule has 0 atom stereocenters. The molecule has 5 heteroatoms. The van der Waals surface area contributed by atoms with Crippen LogP contribution in [0.1, 0.15) is 5.56 Å². The quantitative estimate of drug-likeness (QED) is 0.841. The molecule has 1 heterocycles. The molecule has 1 aromatic heterocycles. The third kappa shape index (κ3) is 2.71. The molecular weight excluding hydrogens is 291 g/mol. The van der Waals surface area contributed by atoms with Gasteiger partial charge in [-0.2, -0.15) is 0 Å². The molecule has 0 fully saturated rings. The highest BCUT2D eigenvalue weighted by Crippen LogP contribution is 2.25. The zero-order valence-corrected chi connectivity index (χ0v) is 10.8. The van der Waals surface area contributed by atoms with Crippen LogP contribution in [0.3, 0.4) is 0 Å². The molecule has 2 aromatic rings. The van der Waals surface area contributed by atoms with Crippen LogP contribution in [0.25, 0.3) is 0 Å². The molecule has 0 bridgehead atoms. The zero-order chi connectivity index (χ0) is 11.5. The fourth-order valence-corrected chi connectivity index (χ4v) is 1.75. The van der Waals surface area contributed by atoms with Gasteiger partial charge in [-0.3, -0.25) is 0 Å². The number of ether oxygens (including phenoxy) is 1. The van der Waals surface area contributed by atoms with Gasteiger partial charge in [0.1, 0.15) is 5.75 Å². The molecule has 2 rings (SSSR count). The summed E-state index contributed by atoms with van der Waals surface area (Å²) in [5.41, 5.74) is 1.01. The van der Waals surface area contributed by atoms with Crippen LogP contribution in [0, 0.1) is 6.92 Å². The Kier molecular flexibility index (Phi) is 3.41. The Balaban J connectivity index is 2.23. The Labute approximate surface area is 107 Å². The Morgan fingerprint density at radius 3 is 2.56 bits per heavy atom. The van der Waals surface area contributed by atoms with Crippen molar-refractivity contribution in [1.82, 2.24) is 9.97 Å². The van der Waals surface area contributed by atoms with Gasteiger partial charge < -0.3 is 4.74 Å². The fraction of sp³-hybridized carbons (Fsp3) is 0.0909. The lowest BCUT2D eigenvalue weighted by molar-refractivity contribution is 0.438. The number of hydrogen-bond donors (Lipinski definition) is 0. The number of benzene rings is 1. The molecule has 0 aliphatic carbocycles. The summed E-state index contributed by atoms with van der Waals surface area (Å²) in [5.74, 6) is 0.727. The van der Waals surface area contributed by atoms with Gasteiger partial charge in [-0.15, -0.1) is 0 Å². The van der Waals surface area contributed by atoms with Crippen LogP contribution in [0.2, 0.25) is 5.02 Å². The van der Waals surface area contributed by atoms with Crippen LogP contribution in [0.4, 0.5) is 0 Å². The molecule has 0 saturated carbocycles. The molecular formula is C11H8BrClN2O. The van der Waals surface area contributed by atoms with Crippen molar-refractivity contribution in [3.8, 4) is 11.8 Å². The largest absolute Gasteiger partial charge is 0.424 e. The lowest BCUT2D eigenvalue weighted by atomic mass is 10.2. The summed E-state index contributed by atoms with van der Waals surface area (Å²) in [6, 6.07) is 6.01. The number of nitrogens with zero attached hydrogens (tertiary/aromatic N) is 2. The van der Waals surface area contributed by atoms with Gasteiger partial charge in [-0.25, -0.2) is 9.97 Å². The molecule has 1 aromatic carbocycles. The maximum atomic E-state index is 5.68. The molecule has 0 aliphatic rings. The van der Waals surface area contributed by atoms with Crippen molar-refractivity contribution in [2.45, 2.75) is 6.92 Å². The highest BCUT2D eigenvalue weighted by molar-refractivity contribution is 9.10. The topological polar surface area (TPSA) is 35.0 Å². The summed E-state index contributed by atoms with van der Waals surface area (Å²) in [6.07, 6.45) is 3.00. The fourth-order valence-electron chi connectivity index (χ4n) is 1.18. The Hall–Kier alpha value is -1.13. The first-order valence-electron chi connectivity index (χ1n) is 4.57. The summed E-state index contributed by atoms with van der Waals surface area (Å²) >= 11 is 9.07. The van der Waals surface area contributed by atoms with Crippen LogP contribution < -0.4 is 4.74 Å². The molecule has 0 spiro atoms. The normalized spacial score (nSPS) is 10.2. The smallest absolute Gasteiger partial charge is 0.321 e. The van der Waals surface area contributed by atoms with Crippen LogP contribution in [-0.4, -0.2) is 9.97 Å². The van der Waals surface area contributed by atoms with Crippen molar-refractivity contribution in [1.29, 1.82) is 0 Å². The zero-order valence-electron chi connectivity index (χ0n) is 8.45. The van der Waals surface area contributed by atoms with E-state index in [1.165, 1.54) is 12.4 Å². The van der Waals surface area contributed by atoms with E-state index in [4.69, 9.17) is 16.3 Å². The second-order valence-corrected chi connectivity index (χ2v) is 4.55. The average Bonchev–Trinajstić information content (AvgIpc) is 2.25. The number of hydrogen-bond acceptors (Lipinski definition) is 3. The first-order chi connectivity index (χ1) is 7.65. The number of rotatable bonds is 2. The highest BCUT2D eigenvalue weighted by atomic mass is 79.9. The van der Waals surface area contributed by atoms with Crippen LogP contribution >= 0.6 is 27.5 Å². The van der Waals surface area contributed by atoms with Crippen molar-refractivity contribution in [3.05, 3.63) is 45.7 Å². The van der Waals surface area contributed by atoms with Crippen LogP contribution in [0.5, 0.6) is 11.8 Å². The van der Waals surface area contributed by atoms with Gasteiger partial charge in [0.05, 0.1) is 17.4 Å². The minimum Gasteiger partial charge on any atom is -0.424 e. The lowest BCUT2D eigenvalue weighted by Gasteiger charge is -2.06. The maximum absolute atomic E-state index is 5.68. The second kappa shape index (κ2) is 4.80. The summed E-state index contributed by atoms with van der Waals surface area (Å²) in [7, 11) is 0. The van der Waals surface area contributed by atoms with Crippen LogP contribution in [-0.2, 0) is 0 Å². The molecule has 16 heavy (non-hydrogen) atoms. The molecule has 3 nitrogen and oxygen atoms in total. The molecule has 0 saturated heterocycles. The maximum Gasteiger partial charge on any atom is 0.321 e. The first-order valence-corrected chi connectivity index (χ1v) is 5.74. The van der Waals surface area contributed by atoms with E-state index in [2.05, 4.69) is 25.9 Å². The molecule has 0 amide bonds. The van der Waals surface area contributed by atoms with Gasteiger partial charge in [-0.05, 0) is 30.7 Å². The first kappa shape index (κ1) is 11.4. The minimum atomic E-state index is 0.287. The van der Waals surface area contributed by atoms with Crippen molar-refractivity contribution in [3.63, 3.8) is 0 Å². The molecule has 0 unspecified atom stereocenters. The summed E-state index contributed by atoms with van der Waals surface area (Å²) in [5, 5.41) is 0.486. The van der Waals surface area contributed by atoms with Gasteiger partial charge >= 0.3 is 6.01 Å². The lowest BCUT2D eigenvalue weighted by Crippen LogP contribution is -1.92. The number of aromatic nitrogens is 2. The molecule has 82 valence electrons. The van der Waals surface area contributed by atoms with Crippen molar-refractivity contribution >= 4 is 27.5 Å². The van der Waals surface area contributed by atoms with E-state index in [1.54, 1.807) is 0 Å². The van der Waals surface area contributed by atoms with E-state index >= 15 is 0 Å². The third-order valence-corrected chi connectivity index (χ3v) is 2.62. The monoisotopic (exact) mass is 298 g/mol. The Morgan fingerprint density at radius 2 is 1.94 bits per heavy atom. The van der Waals surface area contributed by atoms with Gasteiger partial charge in [-0.1, -0.05) is 27.5 Å². The van der Waals surface area contributed by atoms with E-state index in [0.717, 1.165) is 15.8 Å². The van der Waals surface area contributed by atoms with Crippen LogP contribution in [0.15, 0.2) is 35.1 Å². The minimum absolute atomic E-state index is 0.287. The predicted molar refractivity (Wildman–Crippen MR) is 66.0 cm³/mol. The summed E-state index contributed by atoms with van der Waals surface area (Å²) in [4.78, 5) is 7.92. The van der Waals surface area contributed by atoms with E-state index in [0.29, 0.717) is 5.02 Å². The second-order valence-electron chi connectivity index (χ2n) is 3.20. The standard InChI is InChI=1S/C11H8BrClN2O/c1-7-4-8(12)2-3-10(7)16-11-14-5-9(13)6-15-11/h2-6H,1H3. The number of aryl methyl sites for hydroxylation is 1. The van der Waals surface area contributed by atoms with Crippen molar-refractivity contribution in [2.24, 2.45) is 0 Å². The third-order valence-electron chi connectivity index (χ3n) is 1.93. The predicted octanol–water partition coefficient (Wildman–Crippen LogP) is 3.99. The van der Waals surface area contributed by atoms with E-state index in [9.17, 15) is 0 Å². The SMILES string of the molecule is Cc1cc(Br)ccc1Oc1ncc(Cl)cn1. The van der Waals surface area contributed by atoms with Crippen molar-refractivity contribution in [2.75, 3.05) is 0 Å². The highest BCUT2D eigenvalue weighted by Gasteiger charge is 2.03. The molecule has 0 aliphatic heterocycles. The Bertz CT molecular complexity index is 502. The molecule has 0 N–H and O–H groups in total. The Morgan fingerprint density at radius 1 is 1.25 bits per heavy atom. The average molecular weight is 300 g/mol. The summed E-state index contributed by atoms with van der Waals surface area (Å²) < 4.78 is 6.53. The van der Waals surface area contributed by atoms with Gasteiger partial charge in [0.25, 0.3) is 0 Å². The van der Waals surface area contributed by atoms with Gasteiger partial charge in [0.15, 0.2) is 0 Å². The van der Waals surface area contributed by atoms with Gasteiger partial charge in [0.2, 0.25) is 0 Å². The van der Waals surface area contributed by atoms with E-state index < -0.39 is 0 Å². The van der Waals surface area contributed by atoms with E-state index in [-0.39, 0.29) is 6.01 Å². The molecule has 0 radical (unpaired) electrons.